The van der Waals surface area contributed by atoms with Gasteiger partial charge in [-0.3, -0.25) is 4.98 Å². The predicted molar refractivity (Wildman–Crippen MR) is 84.6 cm³/mol. The van der Waals surface area contributed by atoms with E-state index in [0.717, 1.165) is 0 Å². The SMILES string of the molecule is COC(=O)C1=C(C)NC(C)=C(C(=O)OC)C1c1ccncc1Cl. The van der Waals surface area contributed by atoms with Crippen molar-refractivity contribution in [1.29, 1.82) is 0 Å². The van der Waals surface area contributed by atoms with Crippen LogP contribution in [0.5, 0.6) is 0 Å². The number of nitrogens with one attached hydrogen (secondary N) is 1. The summed E-state index contributed by atoms with van der Waals surface area (Å²) >= 11 is 6.25. The summed E-state index contributed by atoms with van der Waals surface area (Å²) in [5.41, 5.74) is 2.40. The van der Waals surface area contributed by atoms with E-state index in [0.29, 0.717) is 33.1 Å². The number of hydrogen-bond donors (Lipinski definition) is 1. The molecule has 0 saturated carbocycles. The van der Waals surface area contributed by atoms with Crippen LogP contribution in [-0.4, -0.2) is 31.1 Å². The third-order valence-electron chi connectivity index (χ3n) is 3.69. The maximum atomic E-state index is 12.3. The fourth-order valence-corrected chi connectivity index (χ4v) is 2.91. The van der Waals surface area contributed by atoms with E-state index in [1.54, 1.807) is 26.1 Å². The van der Waals surface area contributed by atoms with Crippen molar-refractivity contribution in [2.75, 3.05) is 14.2 Å². The van der Waals surface area contributed by atoms with E-state index in [1.165, 1.54) is 20.4 Å². The van der Waals surface area contributed by atoms with Crippen LogP contribution < -0.4 is 5.32 Å². The Hall–Kier alpha value is -2.34. The number of methoxy groups -OCH3 is 2. The van der Waals surface area contributed by atoms with E-state index in [1.807, 2.05) is 0 Å². The first-order valence-electron chi connectivity index (χ1n) is 6.87. The van der Waals surface area contributed by atoms with Gasteiger partial charge in [-0.2, -0.15) is 0 Å². The first-order chi connectivity index (χ1) is 10.9. The van der Waals surface area contributed by atoms with Gasteiger partial charge in [-0.05, 0) is 25.5 Å². The number of carbonyl (C=O) groups excluding carboxylic acids is 2. The van der Waals surface area contributed by atoms with Crippen LogP contribution >= 0.6 is 11.6 Å². The summed E-state index contributed by atoms with van der Waals surface area (Å²) in [6, 6.07) is 1.67. The van der Waals surface area contributed by atoms with Crippen molar-refractivity contribution in [3.05, 3.63) is 51.6 Å². The van der Waals surface area contributed by atoms with Crippen LogP contribution in [0.15, 0.2) is 41.0 Å². The van der Waals surface area contributed by atoms with Crippen molar-refractivity contribution >= 4 is 23.5 Å². The molecule has 0 aliphatic carbocycles. The minimum absolute atomic E-state index is 0.312. The summed E-state index contributed by atoms with van der Waals surface area (Å²) < 4.78 is 9.76. The molecule has 0 saturated heterocycles. The van der Waals surface area contributed by atoms with Crippen LogP contribution in [0.4, 0.5) is 0 Å². The van der Waals surface area contributed by atoms with Crippen molar-refractivity contribution < 1.29 is 19.1 Å². The maximum Gasteiger partial charge on any atom is 0.336 e. The minimum Gasteiger partial charge on any atom is -0.466 e. The first kappa shape index (κ1) is 17.0. The highest BCUT2D eigenvalue weighted by Gasteiger charge is 2.38. The van der Waals surface area contributed by atoms with Crippen molar-refractivity contribution in [2.24, 2.45) is 0 Å². The summed E-state index contributed by atoms with van der Waals surface area (Å²) in [6.07, 6.45) is 3.02. The van der Waals surface area contributed by atoms with Gasteiger partial charge >= 0.3 is 11.9 Å². The topological polar surface area (TPSA) is 77.5 Å². The zero-order chi connectivity index (χ0) is 17.1. The monoisotopic (exact) mass is 336 g/mol. The van der Waals surface area contributed by atoms with Crippen LogP contribution in [0.1, 0.15) is 25.3 Å². The van der Waals surface area contributed by atoms with Gasteiger partial charge < -0.3 is 14.8 Å². The Kier molecular flexibility index (Phi) is 5.05. The highest BCUT2D eigenvalue weighted by atomic mass is 35.5. The summed E-state index contributed by atoms with van der Waals surface area (Å²) in [5.74, 6) is -1.77. The molecule has 1 N–H and O–H groups in total. The van der Waals surface area contributed by atoms with Crippen molar-refractivity contribution in [3.8, 4) is 0 Å². The molecule has 0 fully saturated rings. The second-order valence-electron chi connectivity index (χ2n) is 5.02. The van der Waals surface area contributed by atoms with Gasteiger partial charge in [0.2, 0.25) is 0 Å². The summed E-state index contributed by atoms with van der Waals surface area (Å²) in [5, 5.41) is 3.38. The third kappa shape index (κ3) is 3.07. The largest absolute Gasteiger partial charge is 0.466 e. The number of halogens is 1. The molecule has 0 atom stereocenters. The van der Waals surface area contributed by atoms with E-state index in [9.17, 15) is 9.59 Å². The molecule has 23 heavy (non-hydrogen) atoms. The molecule has 0 radical (unpaired) electrons. The number of aromatic nitrogens is 1. The Morgan fingerprint density at radius 1 is 1.13 bits per heavy atom. The number of rotatable bonds is 3. The number of ether oxygens (including phenoxy) is 2. The number of pyridine rings is 1. The molecule has 0 spiro atoms. The summed E-state index contributed by atoms with van der Waals surface area (Å²) in [7, 11) is 2.58. The molecule has 122 valence electrons. The number of hydrogen-bond acceptors (Lipinski definition) is 6. The standard InChI is InChI=1S/C16H17ClN2O4/c1-8-12(15(20)22-3)14(10-5-6-18-7-11(10)17)13(9(2)19-8)16(21)23-4/h5-7,14,19H,1-4H3. The molecule has 1 aliphatic heterocycles. The Morgan fingerprint density at radius 3 is 2.09 bits per heavy atom. The van der Waals surface area contributed by atoms with Crippen LogP contribution in [0.3, 0.4) is 0 Å². The highest BCUT2D eigenvalue weighted by Crippen LogP contribution is 2.41. The molecule has 2 rings (SSSR count). The van der Waals surface area contributed by atoms with Gasteiger partial charge in [-0.25, -0.2) is 9.59 Å². The van der Waals surface area contributed by atoms with Crippen LogP contribution in [-0.2, 0) is 19.1 Å². The smallest absolute Gasteiger partial charge is 0.336 e. The Bertz CT molecular complexity index is 687. The normalized spacial score (nSPS) is 15.3. The molecule has 1 aromatic heterocycles. The summed E-state index contributed by atoms with van der Waals surface area (Å²) in [6.45, 7) is 3.48. The molecular weight excluding hydrogens is 320 g/mol. The van der Waals surface area contributed by atoms with Crippen LogP contribution in [0.25, 0.3) is 0 Å². The number of carbonyl (C=O) groups is 2. The van der Waals surface area contributed by atoms with Gasteiger partial charge in [-0.1, -0.05) is 11.6 Å². The Morgan fingerprint density at radius 2 is 1.65 bits per heavy atom. The van der Waals surface area contributed by atoms with Crippen molar-refractivity contribution in [3.63, 3.8) is 0 Å². The van der Waals surface area contributed by atoms with Crippen LogP contribution in [0, 0.1) is 0 Å². The zero-order valence-corrected chi connectivity index (χ0v) is 14.0. The lowest BCUT2D eigenvalue weighted by atomic mass is 9.80. The molecule has 1 aliphatic rings. The third-order valence-corrected chi connectivity index (χ3v) is 4.00. The minimum atomic E-state index is -0.688. The second kappa shape index (κ2) is 6.83. The van der Waals surface area contributed by atoms with E-state index < -0.39 is 17.9 Å². The lowest BCUT2D eigenvalue weighted by molar-refractivity contribution is -0.137. The average Bonchev–Trinajstić information content (AvgIpc) is 2.53. The predicted octanol–water partition coefficient (Wildman–Crippen LogP) is 2.32. The number of dihydropyridines is 1. The molecular formula is C16H17ClN2O4. The van der Waals surface area contributed by atoms with Crippen molar-refractivity contribution in [1.82, 2.24) is 10.3 Å². The quantitative estimate of drug-likeness (QED) is 0.853. The molecule has 2 heterocycles. The van der Waals surface area contributed by atoms with Crippen LogP contribution in [0.2, 0.25) is 5.02 Å². The van der Waals surface area contributed by atoms with Crippen molar-refractivity contribution in [2.45, 2.75) is 19.8 Å². The Labute approximate surface area is 139 Å². The highest BCUT2D eigenvalue weighted by molar-refractivity contribution is 6.31. The number of nitrogens with zero attached hydrogens (tertiary/aromatic N) is 1. The van der Waals surface area contributed by atoms with Gasteiger partial charge in [0.1, 0.15) is 0 Å². The molecule has 0 unspecified atom stereocenters. The van der Waals surface area contributed by atoms with Gasteiger partial charge in [0.25, 0.3) is 0 Å². The molecule has 7 heteroatoms. The zero-order valence-electron chi connectivity index (χ0n) is 13.3. The number of esters is 2. The average molecular weight is 337 g/mol. The van der Waals surface area contributed by atoms with Gasteiger partial charge in [-0.15, -0.1) is 0 Å². The first-order valence-corrected chi connectivity index (χ1v) is 7.24. The fourth-order valence-electron chi connectivity index (χ4n) is 2.69. The molecule has 6 nitrogen and oxygen atoms in total. The summed E-state index contributed by atoms with van der Waals surface area (Å²) in [4.78, 5) is 28.5. The van der Waals surface area contributed by atoms with Gasteiger partial charge in [0.05, 0.1) is 36.3 Å². The molecule has 1 aromatic rings. The van der Waals surface area contributed by atoms with E-state index >= 15 is 0 Å². The second-order valence-corrected chi connectivity index (χ2v) is 5.42. The van der Waals surface area contributed by atoms with E-state index in [4.69, 9.17) is 21.1 Å². The number of allylic oxidation sites excluding steroid dienone is 2. The molecule has 0 aromatic carbocycles. The molecule has 0 bridgehead atoms. The van der Waals surface area contributed by atoms with Gasteiger partial charge in [0.15, 0.2) is 0 Å². The fraction of sp³-hybridized carbons (Fsp3) is 0.312. The van der Waals surface area contributed by atoms with E-state index in [-0.39, 0.29) is 0 Å². The van der Waals surface area contributed by atoms with E-state index in [2.05, 4.69) is 10.3 Å². The lowest BCUT2D eigenvalue weighted by Crippen LogP contribution is -2.32. The lowest BCUT2D eigenvalue weighted by Gasteiger charge is -2.30. The Balaban J connectivity index is 2.73. The maximum absolute atomic E-state index is 12.3. The van der Waals surface area contributed by atoms with Gasteiger partial charge in [0, 0.05) is 23.8 Å². The molecule has 0 amide bonds.